The van der Waals surface area contributed by atoms with Crippen molar-refractivity contribution in [3.63, 3.8) is 0 Å². The number of rotatable bonds is 9. The first-order valence-corrected chi connectivity index (χ1v) is 13.7. The van der Waals surface area contributed by atoms with Crippen LogP contribution in [0.25, 0.3) is 10.9 Å². The van der Waals surface area contributed by atoms with Gasteiger partial charge < -0.3 is 30.2 Å². The van der Waals surface area contributed by atoms with Gasteiger partial charge in [0.25, 0.3) is 0 Å². The van der Waals surface area contributed by atoms with Gasteiger partial charge in [0.2, 0.25) is 23.6 Å². The van der Waals surface area contributed by atoms with Crippen LogP contribution in [0.5, 0.6) is 17.4 Å². The molecule has 1 aliphatic rings. The second-order valence-electron chi connectivity index (χ2n) is 12.5. The summed E-state index contributed by atoms with van der Waals surface area (Å²) in [7, 11) is 3.51. The molecule has 2 heterocycles. The van der Waals surface area contributed by atoms with Crippen LogP contribution in [-0.4, -0.2) is 73.4 Å². The number of hydrogen-bond donors (Lipinski definition) is 2. The number of pyridine rings is 1. The number of aromatic nitrogens is 1. The maximum absolute atomic E-state index is 13.9. The fourth-order valence-corrected chi connectivity index (χ4v) is 5.09. The van der Waals surface area contributed by atoms with Gasteiger partial charge in [-0.05, 0) is 50.7 Å². The minimum Gasteiger partial charge on any atom is -0.497 e. The molecule has 3 atom stereocenters. The minimum atomic E-state index is -0.852. The number of ether oxygens (including phenoxy) is 3. The number of nitrogens with zero attached hydrogens (tertiary/aromatic N) is 2. The largest absolute Gasteiger partial charge is 0.497 e. The molecule has 0 saturated carbocycles. The zero-order valence-electron chi connectivity index (χ0n) is 25.2. The second-order valence-corrected chi connectivity index (χ2v) is 12.5. The topological polar surface area (TPSA) is 133 Å². The summed E-state index contributed by atoms with van der Waals surface area (Å²) in [6, 6.07) is 4.58. The lowest BCUT2D eigenvalue weighted by Gasteiger charge is -2.35. The van der Waals surface area contributed by atoms with Crippen molar-refractivity contribution in [1.82, 2.24) is 15.2 Å². The lowest BCUT2D eigenvalue weighted by Crippen LogP contribution is -2.50. The van der Waals surface area contributed by atoms with Crippen LogP contribution >= 0.6 is 0 Å². The Balaban J connectivity index is 1.93. The third kappa shape index (κ3) is 7.17. The van der Waals surface area contributed by atoms with Crippen molar-refractivity contribution in [2.75, 3.05) is 20.3 Å². The molecule has 0 radical (unpaired) electrons. The summed E-state index contributed by atoms with van der Waals surface area (Å²) in [6.07, 6.45) is -0.274. The van der Waals surface area contributed by atoms with E-state index in [1.54, 1.807) is 13.2 Å². The van der Waals surface area contributed by atoms with Gasteiger partial charge in [-0.3, -0.25) is 14.4 Å². The lowest BCUT2D eigenvalue weighted by atomic mass is 9.77. The van der Waals surface area contributed by atoms with E-state index in [9.17, 15) is 14.4 Å². The number of likely N-dealkylation sites (tertiary alicyclic amines) is 1. The smallest absolute Gasteiger partial charge is 0.240 e. The fourth-order valence-electron chi connectivity index (χ4n) is 5.09. The van der Waals surface area contributed by atoms with Crippen molar-refractivity contribution in [3.05, 3.63) is 18.2 Å². The Morgan fingerprint density at radius 2 is 1.85 bits per heavy atom. The van der Waals surface area contributed by atoms with E-state index in [1.165, 1.54) is 4.90 Å². The number of carbonyl (C=O) groups is 3. The quantitative estimate of drug-likeness (QED) is 0.451. The van der Waals surface area contributed by atoms with Gasteiger partial charge in [-0.2, -0.15) is 0 Å². The van der Waals surface area contributed by atoms with Gasteiger partial charge in [-0.25, -0.2) is 4.98 Å². The van der Waals surface area contributed by atoms with Crippen LogP contribution in [0.15, 0.2) is 18.2 Å². The Morgan fingerprint density at radius 3 is 2.40 bits per heavy atom. The van der Waals surface area contributed by atoms with E-state index in [0.29, 0.717) is 29.5 Å². The van der Waals surface area contributed by atoms with Crippen LogP contribution < -0.4 is 30.7 Å². The number of benzene rings is 1. The average molecular weight is 554 g/mol. The van der Waals surface area contributed by atoms with Crippen LogP contribution in [0, 0.1) is 11.3 Å². The number of nitrogens with two attached hydrogens (primary N) is 1. The van der Waals surface area contributed by atoms with Crippen molar-refractivity contribution in [2.45, 2.75) is 79.0 Å². The molecule has 0 bridgehead atoms. The van der Waals surface area contributed by atoms with Gasteiger partial charge in [-0.15, -0.1) is 0 Å². The van der Waals surface area contributed by atoms with Crippen LogP contribution in [0.1, 0.15) is 61.3 Å². The van der Waals surface area contributed by atoms with E-state index < -0.39 is 34.9 Å². The van der Waals surface area contributed by atoms with Gasteiger partial charge in [0.05, 0.1) is 31.7 Å². The summed E-state index contributed by atoms with van der Waals surface area (Å²) in [4.78, 5) is 45.4. The van der Waals surface area contributed by atoms with E-state index in [-0.39, 0.29) is 31.2 Å². The van der Waals surface area contributed by atoms with Gasteiger partial charge in [0.15, 0.2) is 0 Å². The van der Waals surface area contributed by atoms with Crippen molar-refractivity contribution < 1.29 is 28.6 Å². The third-order valence-corrected chi connectivity index (χ3v) is 7.05. The summed E-state index contributed by atoms with van der Waals surface area (Å²) in [5.41, 5.74) is 6.33. The van der Waals surface area contributed by atoms with Crippen LogP contribution in [-0.2, 0) is 14.4 Å². The van der Waals surface area contributed by atoms with E-state index in [0.717, 1.165) is 10.8 Å². The number of carbonyl (C=O) groups excluding carboxylic acids is 3. The molecule has 2 aromatic rings. The zero-order valence-corrected chi connectivity index (χ0v) is 25.2. The Labute approximate surface area is 237 Å². The van der Waals surface area contributed by atoms with E-state index in [4.69, 9.17) is 19.9 Å². The predicted octanol–water partition coefficient (Wildman–Crippen LogP) is 1.70. The Bertz CT molecular complexity index is 1270. The molecular weight excluding hydrogens is 511 g/mol. The molecule has 1 aromatic carbocycles. The molecule has 0 spiro atoms. The summed E-state index contributed by atoms with van der Waals surface area (Å²) < 4.78 is 17.6. The van der Waals surface area contributed by atoms with Gasteiger partial charge >= 0.3 is 0 Å². The van der Waals surface area contributed by atoms with Crippen molar-refractivity contribution in [1.29, 1.82) is 0 Å². The summed E-state index contributed by atoms with van der Waals surface area (Å²) in [5.74, 6) is -0.161. The molecule has 10 nitrogen and oxygen atoms in total. The zero-order chi connectivity index (χ0) is 30.0. The highest BCUT2D eigenvalue weighted by Gasteiger charge is 2.45. The third-order valence-electron chi connectivity index (χ3n) is 7.05. The fraction of sp³-hybridized carbons (Fsp3) is 0.586. The minimum absolute atomic E-state index is 0.000920. The molecule has 1 fully saturated rings. The van der Waals surface area contributed by atoms with Gasteiger partial charge in [0.1, 0.15) is 31.5 Å². The Kier molecular flexibility index (Phi) is 9.26. The molecule has 3 amide bonds. The second kappa shape index (κ2) is 11.9. The molecular formula is C29H43BN4O6. The van der Waals surface area contributed by atoms with Gasteiger partial charge in [0, 0.05) is 29.8 Å². The van der Waals surface area contributed by atoms with E-state index >= 15 is 0 Å². The SMILES string of the molecule is Bc1c(OC)ccc2c(O[C@@H]3C[C@@H](C(N)=O)N(C(=O)[C@@H](CC(=O)NC(C)(C)C)C(C)(C)C)C3)cc(OCC)nc12. The van der Waals surface area contributed by atoms with Crippen LogP contribution in [0.3, 0.4) is 0 Å². The molecule has 1 saturated heterocycles. The van der Waals surface area contributed by atoms with Gasteiger partial charge in [-0.1, -0.05) is 20.8 Å². The van der Waals surface area contributed by atoms with Crippen molar-refractivity contribution >= 4 is 41.9 Å². The van der Waals surface area contributed by atoms with E-state index in [2.05, 4.69) is 10.3 Å². The Morgan fingerprint density at radius 1 is 1.18 bits per heavy atom. The number of nitrogens with one attached hydrogen (secondary N) is 1. The molecule has 11 heteroatoms. The number of methoxy groups -OCH3 is 1. The molecule has 0 aliphatic carbocycles. The highest BCUT2D eigenvalue weighted by atomic mass is 16.5. The molecule has 1 aromatic heterocycles. The first kappa shape index (κ1) is 31.0. The number of hydrogen-bond acceptors (Lipinski definition) is 7. The van der Waals surface area contributed by atoms with Crippen LogP contribution in [0.2, 0.25) is 0 Å². The molecule has 0 unspecified atom stereocenters. The number of amides is 3. The summed E-state index contributed by atoms with van der Waals surface area (Å²) in [6.45, 7) is 13.9. The lowest BCUT2D eigenvalue weighted by molar-refractivity contribution is -0.146. The molecule has 1 aliphatic heterocycles. The maximum atomic E-state index is 13.9. The van der Waals surface area contributed by atoms with E-state index in [1.807, 2.05) is 68.4 Å². The maximum Gasteiger partial charge on any atom is 0.240 e. The molecule has 3 rings (SSSR count). The highest BCUT2D eigenvalue weighted by Crippen LogP contribution is 2.36. The van der Waals surface area contributed by atoms with Crippen LogP contribution in [0.4, 0.5) is 0 Å². The molecule has 218 valence electrons. The van der Waals surface area contributed by atoms with Crippen molar-refractivity contribution in [3.8, 4) is 17.4 Å². The summed E-state index contributed by atoms with van der Waals surface area (Å²) in [5, 5.41) is 3.69. The highest BCUT2D eigenvalue weighted by molar-refractivity contribution is 6.40. The summed E-state index contributed by atoms with van der Waals surface area (Å²) >= 11 is 0. The monoisotopic (exact) mass is 554 g/mol. The normalized spacial score (nSPS) is 18.4. The standard InChI is InChI=1S/C29H43BN4O6/c1-9-39-23-14-21(17-10-11-20(38-8)24(30)25(17)32-23)40-16-12-19(26(31)36)34(15-16)27(37)18(28(2,3)4)13-22(35)33-29(5,6)7/h10-11,14,16,18-19H,9,12-13,15,30H2,1-8H3,(H2,31,36)(H,33,35)/t16-,18-,19+/m1/s1. The first-order chi connectivity index (χ1) is 18.6. The number of fused-ring (bicyclic) bond motifs is 1. The first-order valence-electron chi connectivity index (χ1n) is 13.7. The number of primary amides is 1. The Hall–Kier alpha value is -3.50. The molecule has 40 heavy (non-hydrogen) atoms. The van der Waals surface area contributed by atoms with Crippen molar-refractivity contribution in [2.24, 2.45) is 17.1 Å². The average Bonchev–Trinajstić information content (AvgIpc) is 3.25. The predicted molar refractivity (Wildman–Crippen MR) is 157 cm³/mol. The molecule has 3 N–H and O–H groups in total.